The number of halogens is 2. The number of imide groups is 1. The molecule has 1 N–H and O–H groups in total. The number of aryl methyl sites for hydroxylation is 1. The van der Waals surface area contributed by atoms with E-state index >= 15 is 0 Å². The third kappa shape index (κ3) is 3.78. The molecule has 0 saturated heterocycles. The van der Waals surface area contributed by atoms with E-state index in [2.05, 4.69) is 5.32 Å². The Morgan fingerprint density at radius 3 is 2.35 bits per heavy atom. The summed E-state index contributed by atoms with van der Waals surface area (Å²) in [6, 6.07) is 17.4. The van der Waals surface area contributed by atoms with Crippen molar-refractivity contribution < 1.29 is 18.7 Å². The van der Waals surface area contributed by atoms with Crippen LogP contribution >= 0.6 is 11.6 Å². The van der Waals surface area contributed by atoms with Crippen LogP contribution in [0.1, 0.15) is 11.1 Å². The lowest BCUT2D eigenvalue weighted by atomic mass is 10.0. The van der Waals surface area contributed by atoms with Gasteiger partial charge < -0.3 is 10.1 Å². The summed E-state index contributed by atoms with van der Waals surface area (Å²) >= 11 is 6.05. The number of nitrogens with one attached hydrogen (secondary N) is 1. The molecule has 2 amide bonds. The Morgan fingerprint density at radius 2 is 1.68 bits per heavy atom. The van der Waals surface area contributed by atoms with Gasteiger partial charge in [-0.1, -0.05) is 29.8 Å². The lowest BCUT2D eigenvalue weighted by molar-refractivity contribution is -0.120. The highest BCUT2D eigenvalue weighted by molar-refractivity contribution is 6.46. The van der Waals surface area contributed by atoms with Gasteiger partial charge in [-0.3, -0.25) is 9.59 Å². The molecule has 0 fully saturated rings. The summed E-state index contributed by atoms with van der Waals surface area (Å²) in [7, 11) is 1.49. The van der Waals surface area contributed by atoms with Gasteiger partial charge in [-0.15, -0.1) is 0 Å². The smallest absolute Gasteiger partial charge is 0.282 e. The molecule has 0 aliphatic carbocycles. The van der Waals surface area contributed by atoms with Crippen LogP contribution in [0.2, 0.25) is 5.02 Å². The summed E-state index contributed by atoms with van der Waals surface area (Å²) in [5.74, 6) is -0.978. The summed E-state index contributed by atoms with van der Waals surface area (Å²) in [5.41, 5.74) is 2.30. The minimum absolute atomic E-state index is 0.0791. The number of amides is 2. The number of rotatable bonds is 5. The Kier molecular flexibility index (Phi) is 5.48. The molecule has 1 aliphatic rings. The molecule has 4 rings (SSSR count). The van der Waals surface area contributed by atoms with Crippen LogP contribution in [-0.2, 0) is 9.59 Å². The Morgan fingerprint density at radius 1 is 0.968 bits per heavy atom. The van der Waals surface area contributed by atoms with E-state index < -0.39 is 17.6 Å². The van der Waals surface area contributed by atoms with Crippen LogP contribution in [0.15, 0.2) is 72.4 Å². The molecule has 5 nitrogen and oxygen atoms in total. The van der Waals surface area contributed by atoms with Crippen LogP contribution < -0.4 is 15.0 Å². The van der Waals surface area contributed by atoms with Crippen LogP contribution in [-0.4, -0.2) is 18.9 Å². The van der Waals surface area contributed by atoms with E-state index in [-0.39, 0.29) is 11.3 Å². The van der Waals surface area contributed by atoms with Gasteiger partial charge in [0.15, 0.2) is 0 Å². The summed E-state index contributed by atoms with van der Waals surface area (Å²) in [6.07, 6.45) is 0. The fourth-order valence-corrected chi connectivity index (χ4v) is 3.74. The van der Waals surface area contributed by atoms with E-state index in [0.29, 0.717) is 33.3 Å². The van der Waals surface area contributed by atoms with E-state index in [0.717, 1.165) is 4.90 Å². The highest BCUT2D eigenvalue weighted by atomic mass is 35.5. The first kappa shape index (κ1) is 20.6. The molecule has 3 aromatic rings. The van der Waals surface area contributed by atoms with Crippen molar-refractivity contribution in [3.8, 4) is 5.75 Å². The first-order valence-electron chi connectivity index (χ1n) is 9.46. The number of para-hydroxylation sites is 1. The molecule has 31 heavy (non-hydrogen) atoms. The average molecular weight is 437 g/mol. The molecule has 7 heteroatoms. The number of ether oxygens (including phenoxy) is 1. The van der Waals surface area contributed by atoms with E-state index in [4.69, 9.17) is 16.3 Å². The fraction of sp³-hybridized carbons (Fsp3) is 0.0833. The Labute approximate surface area is 183 Å². The predicted octanol–water partition coefficient (Wildman–Crippen LogP) is 5.19. The number of anilines is 2. The molecular formula is C24H18ClFN2O3. The van der Waals surface area contributed by atoms with Crippen molar-refractivity contribution in [3.05, 3.63) is 94.4 Å². The van der Waals surface area contributed by atoms with Gasteiger partial charge in [-0.25, -0.2) is 9.29 Å². The van der Waals surface area contributed by atoms with Gasteiger partial charge in [0.25, 0.3) is 11.8 Å². The standard InChI is InChI=1S/C24H18ClFN2O3/c1-14-13-15(25)7-12-19(14)28-23(29)21(18-5-3-4-6-20(18)31-2)22(24(28)30)27-17-10-8-16(26)9-11-17/h3-13,27H,1-2H3. The molecule has 0 spiro atoms. The maximum atomic E-state index is 13.5. The van der Waals surface area contributed by atoms with E-state index in [9.17, 15) is 14.0 Å². The highest BCUT2D eigenvalue weighted by Gasteiger charge is 2.41. The lowest BCUT2D eigenvalue weighted by Crippen LogP contribution is -2.33. The monoisotopic (exact) mass is 436 g/mol. The highest BCUT2D eigenvalue weighted by Crippen LogP contribution is 2.38. The molecule has 3 aromatic carbocycles. The second-order valence-electron chi connectivity index (χ2n) is 6.96. The number of hydrogen-bond donors (Lipinski definition) is 1. The molecule has 0 atom stereocenters. The number of hydrogen-bond acceptors (Lipinski definition) is 4. The third-order valence-electron chi connectivity index (χ3n) is 4.97. The first-order chi connectivity index (χ1) is 14.9. The molecular weight excluding hydrogens is 419 g/mol. The average Bonchev–Trinajstić information content (AvgIpc) is 2.99. The van der Waals surface area contributed by atoms with Crippen molar-refractivity contribution in [2.75, 3.05) is 17.3 Å². The zero-order chi connectivity index (χ0) is 22.1. The van der Waals surface area contributed by atoms with Crippen molar-refractivity contribution in [3.63, 3.8) is 0 Å². The summed E-state index contributed by atoms with van der Waals surface area (Å²) in [4.78, 5) is 28.1. The lowest BCUT2D eigenvalue weighted by Gasteiger charge is -2.18. The minimum atomic E-state index is -0.527. The third-order valence-corrected chi connectivity index (χ3v) is 5.21. The Bertz CT molecular complexity index is 1220. The van der Waals surface area contributed by atoms with Crippen molar-refractivity contribution in [1.82, 2.24) is 0 Å². The van der Waals surface area contributed by atoms with Gasteiger partial charge in [0.1, 0.15) is 17.3 Å². The first-order valence-corrected chi connectivity index (χ1v) is 9.83. The molecule has 1 heterocycles. The zero-order valence-electron chi connectivity index (χ0n) is 16.8. The van der Waals surface area contributed by atoms with Gasteiger partial charge in [0.2, 0.25) is 0 Å². The van der Waals surface area contributed by atoms with Crippen LogP contribution in [0, 0.1) is 12.7 Å². The minimum Gasteiger partial charge on any atom is -0.496 e. The van der Waals surface area contributed by atoms with Gasteiger partial charge in [0, 0.05) is 16.3 Å². The SMILES string of the molecule is COc1ccccc1C1=C(Nc2ccc(F)cc2)C(=O)N(c2ccc(Cl)cc2C)C1=O. The number of carbonyl (C=O) groups excluding carboxylic acids is 2. The van der Waals surface area contributed by atoms with Crippen LogP contribution in [0.5, 0.6) is 5.75 Å². The number of nitrogens with zero attached hydrogens (tertiary/aromatic N) is 1. The number of carbonyl (C=O) groups is 2. The summed E-state index contributed by atoms with van der Waals surface area (Å²) in [5, 5.41) is 3.50. The molecule has 0 unspecified atom stereocenters. The van der Waals surface area contributed by atoms with E-state index in [1.165, 1.54) is 31.4 Å². The van der Waals surface area contributed by atoms with Crippen molar-refractivity contribution >= 4 is 40.4 Å². The topological polar surface area (TPSA) is 58.6 Å². The van der Waals surface area contributed by atoms with Crippen LogP contribution in [0.4, 0.5) is 15.8 Å². The van der Waals surface area contributed by atoms with Gasteiger partial charge in [-0.05, 0) is 61.0 Å². The van der Waals surface area contributed by atoms with Gasteiger partial charge >= 0.3 is 0 Å². The Balaban J connectivity index is 1.87. The molecule has 156 valence electrons. The summed E-state index contributed by atoms with van der Waals surface area (Å²) < 4.78 is 18.8. The number of methoxy groups -OCH3 is 1. The molecule has 0 radical (unpaired) electrons. The van der Waals surface area contributed by atoms with E-state index in [1.54, 1.807) is 49.4 Å². The fourth-order valence-electron chi connectivity index (χ4n) is 3.51. The number of benzene rings is 3. The second kappa shape index (κ2) is 8.24. The summed E-state index contributed by atoms with van der Waals surface area (Å²) in [6.45, 7) is 1.77. The van der Waals surface area contributed by atoms with Crippen LogP contribution in [0.3, 0.4) is 0 Å². The largest absolute Gasteiger partial charge is 0.496 e. The quantitative estimate of drug-likeness (QED) is 0.559. The van der Waals surface area contributed by atoms with Crippen molar-refractivity contribution in [2.24, 2.45) is 0 Å². The maximum Gasteiger partial charge on any atom is 0.282 e. The maximum absolute atomic E-state index is 13.5. The van der Waals surface area contributed by atoms with Gasteiger partial charge in [0.05, 0.1) is 18.4 Å². The Hall–Kier alpha value is -3.64. The van der Waals surface area contributed by atoms with Gasteiger partial charge in [-0.2, -0.15) is 0 Å². The molecule has 0 saturated carbocycles. The normalized spacial score (nSPS) is 13.7. The molecule has 0 aromatic heterocycles. The van der Waals surface area contributed by atoms with Crippen LogP contribution in [0.25, 0.3) is 5.57 Å². The van der Waals surface area contributed by atoms with E-state index in [1.807, 2.05) is 0 Å². The molecule has 0 bridgehead atoms. The van der Waals surface area contributed by atoms with Crippen molar-refractivity contribution in [2.45, 2.75) is 6.92 Å². The predicted molar refractivity (Wildman–Crippen MR) is 119 cm³/mol. The second-order valence-corrected chi connectivity index (χ2v) is 7.40. The van der Waals surface area contributed by atoms with Crippen molar-refractivity contribution in [1.29, 1.82) is 0 Å². The zero-order valence-corrected chi connectivity index (χ0v) is 17.5. The molecule has 1 aliphatic heterocycles.